The molecular formula is C12H18N2O2. The number of nitrogens with zero attached hydrogens (tertiary/aromatic N) is 1. The number of ether oxygens (including phenoxy) is 2. The highest BCUT2D eigenvalue weighted by Crippen LogP contribution is 2.25. The van der Waals surface area contributed by atoms with E-state index in [4.69, 9.17) is 9.47 Å². The SMILES string of the molecule is CCCOc1cccnc1OC1CCNC1. The van der Waals surface area contributed by atoms with Gasteiger partial charge in [0.15, 0.2) is 5.75 Å². The van der Waals surface area contributed by atoms with Gasteiger partial charge in [0.2, 0.25) is 0 Å². The van der Waals surface area contributed by atoms with E-state index in [2.05, 4.69) is 17.2 Å². The molecule has 2 rings (SSSR count). The molecule has 88 valence electrons. The van der Waals surface area contributed by atoms with Crippen LogP contribution in [-0.4, -0.2) is 30.8 Å². The Labute approximate surface area is 96.0 Å². The van der Waals surface area contributed by atoms with Gasteiger partial charge in [-0.05, 0) is 31.5 Å². The summed E-state index contributed by atoms with van der Waals surface area (Å²) >= 11 is 0. The molecule has 16 heavy (non-hydrogen) atoms. The molecule has 1 atom stereocenters. The highest BCUT2D eigenvalue weighted by molar-refractivity contribution is 5.32. The molecule has 1 N–H and O–H groups in total. The molecule has 0 aliphatic carbocycles. The molecule has 1 aliphatic rings. The van der Waals surface area contributed by atoms with Gasteiger partial charge in [-0.2, -0.15) is 0 Å². The van der Waals surface area contributed by atoms with Gasteiger partial charge < -0.3 is 14.8 Å². The van der Waals surface area contributed by atoms with Crippen LogP contribution in [0.3, 0.4) is 0 Å². The van der Waals surface area contributed by atoms with Crippen molar-refractivity contribution in [2.24, 2.45) is 0 Å². The van der Waals surface area contributed by atoms with E-state index in [0.717, 1.165) is 31.7 Å². The first kappa shape index (κ1) is 11.2. The second-order valence-corrected chi connectivity index (χ2v) is 3.89. The van der Waals surface area contributed by atoms with Crippen LogP contribution < -0.4 is 14.8 Å². The molecule has 0 aromatic carbocycles. The maximum absolute atomic E-state index is 5.80. The zero-order valence-corrected chi connectivity index (χ0v) is 9.61. The number of nitrogens with one attached hydrogen (secondary N) is 1. The predicted octanol–water partition coefficient (Wildman–Crippen LogP) is 1.61. The van der Waals surface area contributed by atoms with Crippen molar-refractivity contribution in [1.82, 2.24) is 10.3 Å². The second-order valence-electron chi connectivity index (χ2n) is 3.89. The summed E-state index contributed by atoms with van der Waals surface area (Å²) in [7, 11) is 0. The Morgan fingerprint density at radius 3 is 3.25 bits per heavy atom. The maximum atomic E-state index is 5.80. The quantitative estimate of drug-likeness (QED) is 0.822. The number of rotatable bonds is 5. The third-order valence-corrected chi connectivity index (χ3v) is 2.49. The Morgan fingerprint density at radius 1 is 1.56 bits per heavy atom. The van der Waals surface area contributed by atoms with E-state index in [1.807, 2.05) is 12.1 Å². The van der Waals surface area contributed by atoms with Crippen LogP contribution in [0.4, 0.5) is 0 Å². The van der Waals surface area contributed by atoms with Crippen LogP contribution >= 0.6 is 0 Å². The Bertz CT molecular complexity index is 325. The molecule has 0 radical (unpaired) electrons. The molecule has 0 amide bonds. The van der Waals surface area contributed by atoms with Gasteiger partial charge in [-0.15, -0.1) is 0 Å². The van der Waals surface area contributed by atoms with Gasteiger partial charge in [-0.25, -0.2) is 4.98 Å². The van der Waals surface area contributed by atoms with E-state index >= 15 is 0 Å². The van der Waals surface area contributed by atoms with Crippen molar-refractivity contribution in [2.45, 2.75) is 25.9 Å². The molecule has 1 fully saturated rings. The van der Waals surface area contributed by atoms with E-state index in [0.29, 0.717) is 12.5 Å². The summed E-state index contributed by atoms with van der Waals surface area (Å²) in [5.41, 5.74) is 0. The third-order valence-electron chi connectivity index (χ3n) is 2.49. The molecule has 1 aliphatic heterocycles. The lowest BCUT2D eigenvalue weighted by atomic mass is 10.3. The topological polar surface area (TPSA) is 43.4 Å². The molecule has 1 aromatic rings. The molecule has 0 spiro atoms. The van der Waals surface area contributed by atoms with Gasteiger partial charge in [0.25, 0.3) is 5.88 Å². The number of hydrogen-bond donors (Lipinski definition) is 1. The molecular weight excluding hydrogens is 204 g/mol. The van der Waals surface area contributed by atoms with Crippen LogP contribution in [0, 0.1) is 0 Å². The summed E-state index contributed by atoms with van der Waals surface area (Å²) in [5, 5.41) is 3.26. The molecule has 1 aromatic heterocycles. The molecule has 4 heteroatoms. The fraction of sp³-hybridized carbons (Fsp3) is 0.583. The van der Waals surface area contributed by atoms with Crippen molar-refractivity contribution in [3.05, 3.63) is 18.3 Å². The van der Waals surface area contributed by atoms with E-state index in [-0.39, 0.29) is 6.10 Å². The van der Waals surface area contributed by atoms with Gasteiger partial charge in [0.05, 0.1) is 6.61 Å². The molecule has 0 bridgehead atoms. The van der Waals surface area contributed by atoms with E-state index in [1.165, 1.54) is 0 Å². The average Bonchev–Trinajstić information content (AvgIpc) is 2.81. The normalized spacial score (nSPS) is 19.7. The van der Waals surface area contributed by atoms with Gasteiger partial charge in [0.1, 0.15) is 6.10 Å². The first-order valence-electron chi connectivity index (χ1n) is 5.85. The smallest absolute Gasteiger partial charge is 0.257 e. The lowest BCUT2D eigenvalue weighted by Gasteiger charge is -2.14. The highest BCUT2D eigenvalue weighted by Gasteiger charge is 2.18. The van der Waals surface area contributed by atoms with Gasteiger partial charge >= 0.3 is 0 Å². The lowest BCUT2D eigenvalue weighted by molar-refractivity contribution is 0.197. The largest absolute Gasteiger partial charge is 0.488 e. The first-order valence-corrected chi connectivity index (χ1v) is 5.85. The minimum absolute atomic E-state index is 0.221. The fourth-order valence-electron chi connectivity index (χ4n) is 1.67. The highest BCUT2D eigenvalue weighted by atomic mass is 16.5. The first-order chi connectivity index (χ1) is 7.90. The molecule has 1 unspecified atom stereocenters. The van der Waals surface area contributed by atoms with Gasteiger partial charge in [-0.3, -0.25) is 0 Å². The van der Waals surface area contributed by atoms with Crippen LogP contribution in [0.25, 0.3) is 0 Å². The fourth-order valence-corrected chi connectivity index (χ4v) is 1.67. The minimum Gasteiger partial charge on any atom is -0.488 e. The van der Waals surface area contributed by atoms with E-state index in [9.17, 15) is 0 Å². The maximum Gasteiger partial charge on any atom is 0.257 e. The van der Waals surface area contributed by atoms with Crippen molar-refractivity contribution in [1.29, 1.82) is 0 Å². The lowest BCUT2D eigenvalue weighted by Crippen LogP contribution is -2.20. The van der Waals surface area contributed by atoms with E-state index < -0.39 is 0 Å². The summed E-state index contributed by atoms with van der Waals surface area (Å²) in [5.74, 6) is 1.36. The van der Waals surface area contributed by atoms with Crippen molar-refractivity contribution in [3.63, 3.8) is 0 Å². The summed E-state index contributed by atoms with van der Waals surface area (Å²) in [6, 6.07) is 3.77. The number of aromatic nitrogens is 1. The van der Waals surface area contributed by atoms with Gasteiger partial charge in [0, 0.05) is 12.7 Å². The molecule has 4 nitrogen and oxygen atoms in total. The zero-order valence-electron chi connectivity index (χ0n) is 9.61. The predicted molar refractivity (Wildman–Crippen MR) is 61.9 cm³/mol. The summed E-state index contributed by atoms with van der Waals surface area (Å²) in [4.78, 5) is 4.22. The van der Waals surface area contributed by atoms with Crippen molar-refractivity contribution >= 4 is 0 Å². The Hall–Kier alpha value is -1.29. The molecule has 0 saturated carbocycles. The molecule has 1 saturated heterocycles. The zero-order chi connectivity index (χ0) is 11.2. The Morgan fingerprint density at radius 2 is 2.50 bits per heavy atom. The minimum atomic E-state index is 0.221. The summed E-state index contributed by atoms with van der Waals surface area (Å²) < 4.78 is 11.4. The third kappa shape index (κ3) is 2.85. The average molecular weight is 222 g/mol. The van der Waals surface area contributed by atoms with Crippen molar-refractivity contribution in [3.8, 4) is 11.6 Å². The van der Waals surface area contributed by atoms with Crippen LogP contribution in [0.1, 0.15) is 19.8 Å². The van der Waals surface area contributed by atoms with Crippen LogP contribution in [0.15, 0.2) is 18.3 Å². The van der Waals surface area contributed by atoms with Gasteiger partial charge in [-0.1, -0.05) is 6.92 Å². The summed E-state index contributed by atoms with van der Waals surface area (Å²) in [6.07, 6.45) is 3.97. The van der Waals surface area contributed by atoms with Crippen molar-refractivity contribution < 1.29 is 9.47 Å². The van der Waals surface area contributed by atoms with Crippen LogP contribution in [-0.2, 0) is 0 Å². The second kappa shape index (κ2) is 5.70. The van der Waals surface area contributed by atoms with Crippen molar-refractivity contribution in [2.75, 3.05) is 19.7 Å². The number of pyridine rings is 1. The summed E-state index contributed by atoms with van der Waals surface area (Å²) in [6.45, 7) is 4.69. The van der Waals surface area contributed by atoms with Crippen LogP contribution in [0.2, 0.25) is 0 Å². The monoisotopic (exact) mass is 222 g/mol. The number of hydrogen-bond acceptors (Lipinski definition) is 4. The van der Waals surface area contributed by atoms with E-state index in [1.54, 1.807) is 6.20 Å². The van der Waals surface area contributed by atoms with Crippen LogP contribution in [0.5, 0.6) is 11.6 Å². The molecule has 2 heterocycles. The Kier molecular flexibility index (Phi) is 3.99. The standard InChI is InChI=1S/C12H18N2O2/c1-2-8-15-11-4-3-6-14-12(11)16-10-5-7-13-9-10/h3-4,6,10,13H,2,5,7-9H2,1H3. The Balaban J connectivity index is 2.00.